The number of pyridine rings is 1. The second-order valence-corrected chi connectivity index (χ2v) is 4.90. The van der Waals surface area contributed by atoms with Crippen molar-refractivity contribution in [1.82, 2.24) is 15.2 Å². The van der Waals surface area contributed by atoms with Gasteiger partial charge in [0.1, 0.15) is 22.9 Å². The molecule has 2 N–H and O–H groups in total. The smallest absolute Gasteiger partial charge is 0.273 e. The van der Waals surface area contributed by atoms with Crippen molar-refractivity contribution >= 4 is 11.6 Å². The molecule has 0 saturated heterocycles. The van der Waals surface area contributed by atoms with E-state index in [0.29, 0.717) is 34.3 Å². The Morgan fingerprint density at radius 1 is 1.08 bits per heavy atom. The Balaban J connectivity index is 1.82. The van der Waals surface area contributed by atoms with Crippen molar-refractivity contribution in [3.8, 4) is 22.9 Å². The molecule has 2 heterocycles. The Bertz CT molecular complexity index is 846. The molecule has 0 unspecified atom stereocenters. The lowest BCUT2D eigenvalue weighted by molar-refractivity contribution is 0.102. The van der Waals surface area contributed by atoms with Crippen LogP contribution >= 0.6 is 0 Å². The lowest BCUT2D eigenvalue weighted by Crippen LogP contribution is -2.13. The Morgan fingerprint density at radius 2 is 1.96 bits per heavy atom. The number of rotatable bonds is 5. The molecule has 7 heteroatoms. The standard InChI is InChI=1S/C17H16N4O3/c1-23-11-6-7-16(24-2)14(9-11)19-17(22)15-10-13(20-21-15)12-5-3-4-8-18-12/h3-10H,1-2H3,(H,19,22)(H,20,21). The van der Waals surface area contributed by atoms with Crippen LogP contribution in [0.25, 0.3) is 11.4 Å². The number of carbonyl (C=O) groups is 1. The molecule has 0 spiro atoms. The molecule has 0 fully saturated rings. The lowest BCUT2D eigenvalue weighted by atomic mass is 10.2. The number of carbonyl (C=O) groups excluding carboxylic acids is 1. The van der Waals surface area contributed by atoms with E-state index in [4.69, 9.17) is 9.47 Å². The molecule has 0 aliphatic rings. The zero-order chi connectivity index (χ0) is 16.9. The minimum absolute atomic E-state index is 0.320. The number of aromatic amines is 1. The summed E-state index contributed by atoms with van der Waals surface area (Å²) in [6, 6.07) is 12.3. The van der Waals surface area contributed by atoms with E-state index in [1.54, 1.807) is 37.6 Å². The first-order chi connectivity index (χ1) is 11.7. The average molecular weight is 324 g/mol. The van der Waals surface area contributed by atoms with E-state index in [1.807, 2.05) is 18.2 Å². The summed E-state index contributed by atoms with van der Waals surface area (Å²) in [5.74, 6) is 0.815. The maximum Gasteiger partial charge on any atom is 0.273 e. The third-order valence-electron chi connectivity index (χ3n) is 3.40. The summed E-state index contributed by atoms with van der Waals surface area (Å²) < 4.78 is 10.4. The van der Waals surface area contributed by atoms with Crippen LogP contribution in [0.4, 0.5) is 5.69 Å². The van der Waals surface area contributed by atoms with Gasteiger partial charge in [0.15, 0.2) is 0 Å². The van der Waals surface area contributed by atoms with E-state index in [-0.39, 0.29) is 5.91 Å². The molecule has 0 saturated carbocycles. The molecule has 0 radical (unpaired) electrons. The van der Waals surface area contributed by atoms with Crippen molar-refractivity contribution in [3.05, 3.63) is 54.4 Å². The normalized spacial score (nSPS) is 10.2. The van der Waals surface area contributed by atoms with Crippen LogP contribution in [0.15, 0.2) is 48.7 Å². The number of aromatic nitrogens is 3. The first-order valence-electron chi connectivity index (χ1n) is 7.21. The van der Waals surface area contributed by atoms with Crippen molar-refractivity contribution in [1.29, 1.82) is 0 Å². The van der Waals surface area contributed by atoms with Crippen molar-refractivity contribution < 1.29 is 14.3 Å². The third-order valence-corrected chi connectivity index (χ3v) is 3.40. The SMILES string of the molecule is COc1ccc(OC)c(NC(=O)c2cc(-c3ccccn3)n[nH]2)c1. The molecule has 0 aliphatic heterocycles. The van der Waals surface area contributed by atoms with E-state index in [2.05, 4.69) is 20.5 Å². The van der Waals surface area contributed by atoms with Crippen LogP contribution in [-0.4, -0.2) is 35.3 Å². The number of anilines is 1. The van der Waals surface area contributed by atoms with Crippen LogP contribution in [-0.2, 0) is 0 Å². The van der Waals surface area contributed by atoms with Gasteiger partial charge in [-0.2, -0.15) is 5.10 Å². The predicted octanol–water partition coefficient (Wildman–Crippen LogP) is 2.74. The fourth-order valence-electron chi connectivity index (χ4n) is 2.18. The van der Waals surface area contributed by atoms with Crippen LogP contribution in [0.5, 0.6) is 11.5 Å². The van der Waals surface area contributed by atoms with E-state index in [9.17, 15) is 4.79 Å². The van der Waals surface area contributed by atoms with Crippen LogP contribution in [0.1, 0.15) is 10.5 Å². The first-order valence-corrected chi connectivity index (χ1v) is 7.21. The van der Waals surface area contributed by atoms with Gasteiger partial charge in [-0.05, 0) is 30.3 Å². The molecule has 0 bridgehead atoms. The molecule has 122 valence electrons. The quantitative estimate of drug-likeness (QED) is 0.753. The molecular weight excluding hydrogens is 308 g/mol. The number of hydrogen-bond acceptors (Lipinski definition) is 5. The third kappa shape index (κ3) is 3.19. The molecular formula is C17H16N4O3. The van der Waals surface area contributed by atoms with Gasteiger partial charge in [-0.15, -0.1) is 0 Å². The van der Waals surface area contributed by atoms with E-state index >= 15 is 0 Å². The van der Waals surface area contributed by atoms with Crippen LogP contribution in [0, 0.1) is 0 Å². The molecule has 7 nitrogen and oxygen atoms in total. The van der Waals surface area contributed by atoms with Gasteiger partial charge in [0.05, 0.1) is 25.6 Å². The average Bonchev–Trinajstić information content (AvgIpc) is 3.12. The Kier molecular flexibility index (Phi) is 4.42. The number of H-pyrrole nitrogens is 1. The van der Waals surface area contributed by atoms with Gasteiger partial charge < -0.3 is 14.8 Å². The number of amides is 1. The molecule has 3 rings (SSSR count). The van der Waals surface area contributed by atoms with Crippen LogP contribution in [0.2, 0.25) is 0 Å². The van der Waals surface area contributed by atoms with Gasteiger partial charge in [-0.1, -0.05) is 6.07 Å². The van der Waals surface area contributed by atoms with Gasteiger partial charge in [-0.3, -0.25) is 14.9 Å². The Morgan fingerprint density at radius 3 is 2.67 bits per heavy atom. The fraction of sp³-hybridized carbons (Fsp3) is 0.118. The number of hydrogen-bond donors (Lipinski definition) is 2. The van der Waals surface area contributed by atoms with Crippen molar-refractivity contribution in [2.24, 2.45) is 0 Å². The minimum atomic E-state index is -0.337. The summed E-state index contributed by atoms with van der Waals surface area (Å²) in [5.41, 5.74) is 2.11. The summed E-state index contributed by atoms with van der Waals surface area (Å²) in [6.07, 6.45) is 1.67. The van der Waals surface area contributed by atoms with Gasteiger partial charge >= 0.3 is 0 Å². The summed E-state index contributed by atoms with van der Waals surface area (Å²) in [6.45, 7) is 0. The second-order valence-electron chi connectivity index (χ2n) is 4.90. The summed E-state index contributed by atoms with van der Waals surface area (Å²) in [7, 11) is 3.09. The lowest BCUT2D eigenvalue weighted by Gasteiger charge is -2.11. The molecule has 0 atom stereocenters. The van der Waals surface area contributed by atoms with Crippen LogP contribution in [0.3, 0.4) is 0 Å². The maximum atomic E-state index is 12.4. The zero-order valence-corrected chi connectivity index (χ0v) is 13.2. The number of ether oxygens (including phenoxy) is 2. The highest BCUT2D eigenvalue weighted by atomic mass is 16.5. The minimum Gasteiger partial charge on any atom is -0.497 e. The second kappa shape index (κ2) is 6.82. The van der Waals surface area contributed by atoms with E-state index in [0.717, 1.165) is 0 Å². The topological polar surface area (TPSA) is 89.1 Å². The van der Waals surface area contributed by atoms with Gasteiger partial charge in [0.2, 0.25) is 0 Å². The van der Waals surface area contributed by atoms with E-state index < -0.39 is 0 Å². The zero-order valence-electron chi connectivity index (χ0n) is 13.2. The molecule has 1 aromatic carbocycles. The largest absolute Gasteiger partial charge is 0.497 e. The highest BCUT2D eigenvalue weighted by molar-refractivity contribution is 6.04. The maximum absolute atomic E-state index is 12.4. The van der Waals surface area contributed by atoms with Gasteiger partial charge in [0, 0.05) is 12.3 Å². The van der Waals surface area contributed by atoms with Gasteiger partial charge in [-0.25, -0.2) is 0 Å². The fourth-order valence-corrected chi connectivity index (χ4v) is 2.18. The summed E-state index contributed by atoms with van der Waals surface area (Å²) >= 11 is 0. The summed E-state index contributed by atoms with van der Waals surface area (Å²) in [5, 5.41) is 9.62. The van der Waals surface area contributed by atoms with Crippen LogP contribution < -0.4 is 14.8 Å². The predicted molar refractivity (Wildman–Crippen MR) is 89.3 cm³/mol. The molecule has 3 aromatic rings. The Labute approximate surface area is 138 Å². The molecule has 1 amide bonds. The highest BCUT2D eigenvalue weighted by Crippen LogP contribution is 2.29. The summed E-state index contributed by atoms with van der Waals surface area (Å²) in [4.78, 5) is 16.6. The highest BCUT2D eigenvalue weighted by Gasteiger charge is 2.14. The first kappa shape index (κ1) is 15.5. The van der Waals surface area contributed by atoms with Gasteiger partial charge in [0.25, 0.3) is 5.91 Å². The molecule has 2 aromatic heterocycles. The Hall–Kier alpha value is -3.35. The number of nitrogens with one attached hydrogen (secondary N) is 2. The van der Waals surface area contributed by atoms with Crippen molar-refractivity contribution in [3.63, 3.8) is 0 Å². The monoisotopic (exact) mass is 324 g/mol. The number of methoxy groups -OCH3 is 2. The number of benzene rings is 1. The van der Waals surface area contributed by atoms with Crippen molar-refractivity contribution in [2.45, 2.75) is 0 Å². The van der Waals surface area contributed by atoms with E-state index in [1.165, 1.54) is 7.11 Å². The number of nitrogens with zero attached hydrogens (tertiary/aromatic N) is 2. The molecule has 24 heavy (non-hydrogen) atoms. The van der Waals surface area contributed by atoms with Crippen molar-refractivity contribution in [2.75, 3.05) is 19.5 Å². The molecule has 0 aliphatic carbocycles.